The largest absolute Gasteiger partial charge is 0.355 e. The van der Waals surface area contributed by atoms with E-state index in [1.807, 2.05) is 6.92 Å². The molecule has 0 aliphatic heterocycles. The number of nitrogens with two attached hydrogens (primary N) is 1. The van der Waals surface area contributed by atoms with Gasteiger partial charge in [0.15, 0.2) is 0 Å². The Balaban J connectivity index is 4.17. The summed E-state index contributed by atoms with van der Waals surface area (Å²) in [6, 6.07) is 0. The Labute approximate surface area is 96.5 Å². The van der Waals surface area contributed by atoms with E-state index in [4.69, 9.17) is 5.84 Å². The van der Waals surface area contributed by atoms with Gasteiger partial charge in [-0.1, -0.05) is 0 Å². The van der Waals surface area contributed by atoms with Crippen molar-refractivity contribution in [1.29, 1.82) is 0 Å². The topological polar surface area (TPSA) is 87.5 Å². The molecule has 0 radical (unpaired) electrons. The molecule has 0 aliphatic rings. The summed E-state index contributed by atoms with van der Waals surface area (Å²) in [5.41, 5.74) is 1.51. The van der Waals surface area contributed by atoms with Crippen LogP contribution in [0.15, 0.2) is 0 Å². The van der Waals surface area contributed by atoms with Crippen LogP contribution in [0.3, 0.4) is 0 Å². The second-order valence-corrected chi connectivity index (χ2v) is 4.48. The summed E-state index contributed by atoms with van der Waals surface area (Å²) in [5, 5.41) is 2.70. The van der Waals surface area contributed by atoms with Crippen LogP contribution in [0.25, 0.3) is 0 Å². The standard InChI is InChI=1S/C10H22N4O2/c1-5-12-8(15)6-14(4)7-10(2,3)9(16)13-11/h5-7,11H2,1-4H3,(H,12,15)(H,13,16). The van der Waals surface area contributed by atoms with Crippen molar-refractivity contribution in [2.75, 3.05) is 26.7 Å². The fraction of sp³-hybridized carbons (Fsp3) is 0.800. The van der Waals surface area contributed by atoms with Gasteiger partial charge < -0.3 is 5.32 Å². The summed E-state index contributed by atoms with van der Waals surface area (Å²) >= 11 is 0. The van der Waals surface area contributed by atoms with E-state index in [2.05, 4.69) is 10.7 Å². The van der Waals surface area contributed by atoms with Crippen LogP contribution in [0.4, 0.5) is 0 Å². The monoisotopic (exact) mass is 230 g/mol. The van der Waals surface area contributed by atoms with Gasteiger partial charge in [0.05, 0.1) is 12.0 Å². The molecular weight excluding hydrogens is 208 g/mol. The molecule has 0 atom stereocenters. The summed E-state index contributed by atoms with van der Waals surface area (Å²) in [4.78, 5) is 24.5. The van der Waals surface area contributed by atoms with Crippen molar-refractivity contribution in [3.05, 3.63) is 0 Å². The zero-order valence-corrected chi connectivity index (χ0v) is 10.5. The average Bonchev–Trinajstić information content (AvgIpc) is 2.15. The van der Waals surface area contributed by atoms with Crippen LogP contribution in [0.5, 0.6) is 0 Å². The van der Waals surface area contributed by atoms with Crippen molar-refractivity contribution in [1.82, 2.24) is 15.6 Å². The fourth-order valence-electron chi connectivity index (χ4n) is 1.50. The van der Waals surface area contributed by atoms with E-state index in [9.17, 15) is 9.59 Å². The van der Waals surface area contributed by atoms with Gasteiger partial charge in [-0.3, -0.25) is 19.9 Å². The van der Waals surface area contributed by atoms with Gasteiger partial charge in [0.2, 0.25) is 11.8 Å². The van der Waals surface area contributed by atoms with Crippen LogP contribution in [-0.2, 0) is 9.59 Å². The third-order valence-corrected chi connectivity index (χ3v) is 2.20. The number of hydrogen-bond acceptors (Lipinski definition) is 4. The highest BCUT2D eigenvalue weighted by Gasteiger charge is 2.28. The molecule has 6 nitrogen and oxygen atoms in total. The van der Waals surface area contributed by atoms with Gasteiger partial charge in [-0.2, -0.15) is 0 Å². The van der Waals surface area contributed by atoms with Gasteiger partial charge in [-0.05, 0) is 27.8 Å². The Morgan fingerprint density at radius 1 is 1.38 bits per heavy atom. The number of carbonyl (C=O) groups excluding carboxylic acids is 2. The molecule has 0 aromatic heterocycles. The van der Waals surface area contributed by atoms with Gasteiger partial charge in [0.1, 0.15) is 0 Å². The molecule has 6 heteroatoms. The molecule has 0 saturated heterocycles. The lowest BCUT2D eigenvalue weighted by molar-refractivity contribution is -0.131. The predicted molar refractivity (Wildman–Crippen MR) is 62.3 cm³/mol. The van der Waals surface area contributed by atoms with Crippen LogP contribution in [0.2, 0.25) is 0 Å². The number of rotatable bonds is 6. The highest BCUT2D eigenvalue weighted by Crippen LogP contribution is 2.15. The van der Waals surface area contributed by atoms with Gasteiger partial charge in [-0.15, -0.1) is 0 Å². The summed E-state index contributed by atoms with van der Waals surface area (Å²) in [6.45, 7) is 6.78. The molecule has 0 bridgehead atoms. The number of nitrogens with zero attached hydrogens (tertiary/aromatic N) is 1. The van der Waals surface area contributed by atoms with Gasteiger partial charge in [0, 0.05) is 13.1 Å². The van der Waals surface area contributed by atoms with E-state index >= 15 is 0 Å². The van der Waals surface area contributed by atoms with E-state index in [1.54, 1.807) is 25.8 Å². The van der Waals surface area contributed by atoms with E-state index < -0.39 is 5.41 Å². The lowest BCUT2D eigenvalue weighted by Gasteiger charge is -2.27. The third kappa shape index (κ3) is 5.09. The quantitative estimate of drug-likeness (QED) is 0.312. The molecule has 2 amide bonds. The fourth-order valence-corrected chi connectivity index (χ4v) is 1.50. The van der Waals surface area contributed by atoms with Crippen molar-refractivity contribution < 1.29 is 9.59 Å². The summed E-state index contributed by atoms with van der Waals surface area (Å²) < 4.78 is 0. The summed E-state index contributed by atoms with van der Waals surface area (Å²) in [5.74, 6) is 4.80. The molecule has 0 spiro atoms. The molecule has 0 saturated carbocycles. The lowest BCUT2D eigenvalue weighted by Crippen LogP contribution is -2.48. The van der Waals surface area contributed by atoms with Crippen LogP contribution in [-0.4, -0.2) is 43.4 Å². The van der Waals surface area contributed by atoms with Crippen molar-refractivity contribution in [2.45, 2.75) is 20.8 Å². The Kier molecular flexibility index (Phi) is 5.98. The first kappa shape index (κ1) is 14.9. The van der Waals surface area contributed by atoms with Crippen molar-refractivity contribution >= 4 is 11.8 Å². The number of likely N-dealkylation sites (N-methyl/N-ethyl adjacent to an activating group) is 2. The second-order valence-electron chi connectivity index (χ2n) is 4.48. The van der Waals surface area contributed by atoms with E-state index in [0.717, 1.165) is 0 Å². The molecule has 0 heterocycles. The number of amides is 2. The second kappa shape index (κ2) is 6.44. The summed E-state index contributed by atoms with van der Waals surface area (Å²) in [7, 11) is 1.79. The van der Waals surface area contributed by atoms with E-state index in [0.29, 0.717) is 13.1 Å². The normalized spacial score (nSPS) is 11.4. The zero-order chi connectivity index (χ0) is 12.8. The number of hydrazine groups is 1. The van der Waals surface area contributed by atoms with E-state index in [-0.39, 0.29) is 18.4 Å². The first-order chi connectivity index (χ1) is 7.33. The molecule has 94 valence electrons. The van der Waals surface area contributed by atoms with E-state index in [1.165, 1.54) is 0 Å². The minimum Gasteiger partial charge on any atom is -0.355 e. The maximum atomic E-state index is 11.4. The highest BCUT2D eigenvalue weighted by atomic mass is 16.2. The van der Waals surface area contributed by atoms with Crippen LogP contribution in [0.1, 0.15) is 20.8 Å². The molecule has 0 rings (SSSR count). The van der Waals surface area contributed by atoms with Crippen LogP contribution in [0, 0.1) is 5.41 Å². The SMILES string of the molecule is CCNC(=O)CN(C)CC(C)(C)C(=O)NN. The minimum absolute atomic E-state index is 0.0473. The Hall–Kier alpha value is -1.14. The molecule has 0 aromatic carbocycles. The Bertz CT molecular complexity index is 253. The van der Waals surface area contributed by atoms with Gasteiger partial charge in [0.25, 0.3) is 0 Å². The van der Waals surface area contributed by atoms with Gasteiger partial charge >= 0.3 is 0 Å². The number of nitrogens with one attached hydrogen (secondary N) is 2. The molecule has 0 aliphatic carbocycles. The maximum absolute atomic E-state index is 11.4. The predicted octanol–water partition coefficient (Wildman–Crippen LogP) is -0.930. The zero-order valence-electron chi connectivity index (χ0n) is 10.5. The first-order valence-corrected chi connectivity index (χ1v) is 5.29. The Morgan fingerprint density at radius 2 is 1.94 bits per heavy atom. The average molecular weight is 230 g/mol. The number of hydrogen-bond donors (Lipinski definition) is 3. The van der Waals surface area contributed by atoms with Crippen molar-refractivity contribution in [2.24, 2.45) is 11.3 Å². The van der Waals surface area contributed by atoms with Crippen LogP contribution >= 0.6 is 0 Å². The smallest absolute Gasteiger partial charge is 0.240 e. The van der Waals surface area contributed by atoms with Crippen molar-refractivity contribution in [3.63, 3.8) is 0 Å². The lowest BCUT2D eigenvalue weighted by atomic mass is 9.92. The molecule has 16 heavy (non-hydrogen) atoms. The highest BCUT2D eigenvalue weighted by molar-refractivity contribution is 5.81. The first-order valence-electron chi connectivity index (χ1n) is 5.29. The van der Waals surface area contributed by atoms with Gasteiger partial charge in [-0.25, -0.2) is 5.84 Å². The minimum atomic E-state index is -0.615. The summed E-state index contributed by atoms with van der Waals surface area (Å²) in [6.07, 6.45) is 0. The number of carbonyl (C=O) groups is 2. The molecule has 0 aromatic rings. The molecule has 0 fully saturated rings. The molecule has 0 unspecified atom stereocenters. The Morgan fingerprint density at radius 3 is 2.38 bits per heavy atom. The molecular formula is C10H22N4O2. The maximum Gasteiger partial charge on any atom is 0.240 e. The van der Waals surface area contributed by atoms with Crippen molar-refractivity contribution in [3.8, 4) is 0 Å². The van der Waals surface area contributed by atoms with Crippen LogP contribution < -0.4 is 16.6 Å². The molecule has 4 N–H and O–H groups in total. The third-order valence-electron chi connectivity index (χ3n) is 2.20.